The first-order valence-corrected chi connectivity index (χ1v) is 8.30. The van der Waals surface area contributed by atoms with Crippen molar-refractivity contribution in [2.75, 3.05) is 5.32 Å². The lowest BCUT2D eigenvalue weighted by atomic mass is 10.1. The van der Waals surface area contributed by atoms with Crippen LogP contribution in [0.15, 0.2) is 54.7 Å². The third-order valence-corrected chi connectivity index (χ3v) is 4.33. The van der Waals surface area contributed by atoms with Crippen molar-refractivity contribution >= 4 is 11.3 Å². The Morgan fingerprint density at radius 2 is 2.04 bits per heavy atom. The van der Waals surface area contributed by atoms with Crippen LogP contribution in [0.3, 0.4) is 0 Å². The molecular formula is C19H17N7. The van der Waals surface area contributed by atoms with Crippen molar-refractivity contribution < 1.29 is 0 Å². The van der Waals surface area contributed by atoms with Crippen LogP contribution in [0.1, 0.15) is 22.5 Å². The first-order valence-electron chi connectivity index (χ1n) is 8.30. The summed E-state index contributed by atoms with van der Waals surface area (Å²) in [6, 6.07) is 18.8. The van der Waals surface area contributed by atoms with Crippen molar-refractivity contribution in [3.63, 3.8) is 0 Å². The fraction of sp³-hybridized carbons (Fsp3) is 0.158. The van der Waals surface area contributed by atoms with E-state index in [2.05, 4.69) is 73.3 Å². The molecule has 7 heteroatoms. The molecule has 0 saturated carbocycles. The monoisotopic (exact) mass is 343 g/mol. The van der Waals surface area contributed by atoms with E-state index in [1.165, 1.54) is 16.7 Å². The molecule has 128 valence electrons. The lowest BCUT2D eigenvalue weighted by molar-refractivity contribution is 0.275. The van der Waals surface area contributed by atoms with Gasteiger partial charge in [-0.2, -0.15) is 10.5 Å². The van der Waals surface area contributed by atoms with Crippen molar-refractivity contribution in [1.29, 1.82) is 5.26 Å². The summed E-state index contributed by atoms with van der Waals surface area (Å²) in [5.74, 6) is 0.273. The van der Waals surface area contributed by atoms with E-state index in [-0.39, 0.29) is 5.82 Å². The number of tetrazole rings is 1. The molecule has 1 aromatic heterocycles. The van der Waals surface area contributed by atoms with Gasteiger partial charge in [0.2, 0.25) is 5.82 Å². The van der Waals surface area contributed by atoms with Crippen LogP contribution >= 0.6 is 0 Å². The first kappa shape index (κ1) is 16.0. The van der Waals surface area contributed by atoms with Gasteiger partial charge in [-0.3, -0.25) is 4.90 Å². The van der Waals surface area contributed by atoms with Gasteiger partial charge in [-0.1, -0.05) is 36.4 Å². The minimum Gasteiger partial charge on any atom is -0.360 e. The largest absolute Gasteiger partial charge is 0.360 e. The van der Waals surface area contributed by atoms with Gasteiger partial charge in [-0.15, -0.1) is 10.2 Å². The Morgan fingerprint density at radius 1 is 1.19 bits per heavy atom. The second-order valence-corrected chi connectivity index (χ2v) is 6.16. The van der Waals surface area contributed by atoms with Crippen LogP contribution in [-0.4, -0.2) is 25.5 Å². The van der Waals surface area contributed by atoms with Gasteiger partial charge in [-0.05, 0) is 34.0 Å². The molecule has 1 aliphatic heterocycles. The highest BCUT2D eigenvalue weighted by molar-refractivity contribution is 5.74. The Morgan fingerprint density at radius 3 is 2.81 bits per heavy atom. The van der Waals surface area contributed by atoms with E-state index < -0.39 is 0 Å². The predicted molar refractivity (Wildman–Crippen MR) is 97.2 cm³/mol. The minimum atomic E-state index is 0.273. The molecular weight excluding hydrogens is 326 g/mol. The zero-order valence-corrected chi connectivity index (χ0v) is 14.1. The third-order valence-electron chi connectivity index (χ3n) is 4.33. The van der Waals surface area contributed by atoms with Crippen LogP contribution in [-0.2, 0) is 19.6 Å². The molecule has 7 nitrogen and oxygen atoms in total. The molecule has 26 heavy (non-hydrogen) atoms. The molecule has 4 rings (SSSR count). The third kappa shape index (κ3) is 3.45. The maximum absolute atomic E-state index is 9.22. The summed E-state index contributed by atoms with van der Waals surface area (Å²) in [6.45, 7) is 2.81. The lowest BCUT2D eigenvalue weighted by Gasteiger charge is -2.14. The fourth-order valence-corrected chi connectivity index (χ4v) is 3.09. The van der Waals surface area contributed by atoms with Gasteiger partial charge >= 0.3 is 0 Å². The van der Waals surface area contributed by atoms with Crippen LogP contribution in [0.2, 0.25) is 0 Å². The summed E-state index contributed by atoms with van der Waals surface area (Å²) >= 11 is 0. The highest BCUT2D eigenvalue weighted by Gasteiger charge is 2.19. The average Bonchev–Trinajstić information content (AvgIpc) is 3.32. The number of anilines is 1. The molecule has 1 aliphatic rings. The van der Waals surface area contributed by atoms with Gasteiger partial charge in [0.25, 0.3) is 0 Å². The van der Waals surface area contributed by atoms with Gasteiger partial charge in [0.05, 0.1) is 0 Å². The van der Waals surface area contributed by atoms with E-state index in [1.807, 2.05) is 12.1 Å². The van der Waals surface area contributed by atoms with E-state index in [0.717, 1.165) is 25.3 Å². The number of nitriles is 1. The zero-order valence-electron chi connectivity index (χ0n) is 14.1. The molecule has 2 N–H and O–H groups in total. The van der Waals surface area contributed by atoms with E-state index >= 15 is 0 Å². The molecule has 0 fully saturated rings. The fourth-order valence-electron chi connectivity index (χ4n) is 3.09. The zero-order chi connectivity index (χ0) is 17.8. The molecule has 2 heterocycles. The van der Waals surface area contributed by atoms with Crippen LogP contribution in [0, 0.1) is 11.3 Å². The maximum atomic E-state index is 9.22. The molecule has 0 unspecified atom stereocenters. The second-order valence-electron chi connectivity index (χ2n) is 6.16. The number of fused-ring (bicyclic) bond motifs is 1. The van der Waals surface area contributed by atoms with Gasteiger partial charge in [0.15, 0.2) is 0 Å². The van der Waals surface area contributed by atoms with Crippen molar-refractivity contribution in [2.45, 2.75) is 19.6 Å². The number of allylic oxidation sites excluding steroid dienone is 1. The van der Waals surface area contributed by atoms with E-state index in [9.17, 15) is 5.26 Å². The molecule has 0 aliphatic carbocycles. The number of benzene rings is 2. The Labute approximate surface area is 151 Å². The number of H-pyrrole nitrogens is 1. The Kier molecular flexibility index (Phi) is 4.41. The molecule has 0 radical (unpaired) electrons. The molecule has 0 amide bonds. The van der Waals surface area contributed by atoms with Crippen LogP contribution in [0.4, 0.5) is 5.69 Å². The van der Waals surface area contributed by atoms with Crippen LogP contribution in [0.5, 0.6) is 0 Å². The van der Waals surface area contributed by atoms with Crippen molar-refractivity contribution in [3.8, 4) is 6.07 Å². The van der Waals surface area contributed by atoms with Gasteiger partial charge < -0.3 is 5.32 Å². The molecule has 3 aromatic rings. The summed E-state index contributed by atoms with van der Waals surface area (Å²) < 4.78 is 0. The number of hydrogen-bond donors (Lipinski definition) is 2. The number of nitrogens with zero attached hydrogens (tertiary/aromatic N) is 5. The number of hydrogen-bond acceptors (Lipinski definition) is 6. The highest BCUT2D eigenvalue weighted by atomic mass is 15.5. The molecule has 0 bridgehead atoms. The topological polar surface area (TPSA) is 93.5 Å². The van der Waals surface area contributed by atoms with Gasteiger partial charge in [0, 0.05) is 31.5 Å². The van der Waals surface area contributed by atoms with Crippen LogP contribution in [0.25, 0.3) is 5.57 Å². The summed E-state index contributed by atoms with van der Waals surface area (Å²) in [4.78, 5) is 2.42. The van der Waals surface area contributed by atoms with Crippen molar-refractivity contribution in [1.82, 2.24) is 25.5 Å². The molecule has 0 spiro atoms. The molecule has 0 saturated heterocycles. The maximum Gasteiger partial charge on any atom is 0.216 e. The SMILES string of the molecule is N#CC(=CNc1ccc2c(c1)CN(Cc1ccccc1)C2)c1nn[nH]n1. The minimum absolute atomic E-state index is 0.273. The second kappa shape index (κ2) is 7.17. The smallest absolute Gasteiger partial charge is 0.216 e. The summed E-state index contributed by atoms with van der Waals surface area (Å²) in [5, 5.41) is 25.8. The number of aromatic nitrogens is 4. The van der Waals surface area contributed by atoms with E-state index in [1.54, 1.807) is 6.20 Å². The standard InChI is InChI=1S/C19H17N7/c20-9-17(19-22-24-25-23-19)10-21-18-7-6-15-12-26(13-16(15)8-18)11-14-4-2-1-3-5-14/h1-8,10,21H,11-13H2,(H,22,23,24,25). The van der Waals surface area contributed by atoms with Crippen molar-refractivity contribution in [2.24, 2.45) is 0 Å². The first-order chi connectivity index (χ1) is 12.8. The molecule has 2 aromatic carbocycles. The Bertz CT molecular complexity index is 955. The van der Waals surface area contributed by atoms with Crippen molar-refractivity contribution in [3.05, 3.63) is 77.2 Å². The van der Waals surface area contributed by atoms with E-state index in [0.29, 0.717) is 5.57 Å². The number of nitrogens with one attached hydrogen (secondary N) is 2. The average molecular weight is 343 g/mol. The number of rotatable bonds is 5. The summed E-state index contributed by atoms with van der Waals surface area (Å²) in [5.41, 5.74) is 5.22. The van der Waals surface area contributed by atoms with E-state index in [4.69, 9.17) is 0 Å². The van der Waals surface area contributed by atoms with Gasteiger partial charge in [-0.25, -0.2) is 0 Å². The lowest BCUT2D eigenvalue weighted by Crippen LogP contribution is -2.15. The molecule has 0 atom stereocenters. The van der Waals surface area contributed by atoms with Gasteiger partial charge in [0.1, 0.15) is 11.6 Å². The Balaban J connectivity index is 1.45. The quantitative estimate of drug-likeness (QED) is 0.692. The van der Waals surface area contributed by atoms with Crippen LogP contribution < -0.4 is 5.32 Å². The predicted octanol–water partition coefficient (Wildman–Crippen LogP) is 2.69. The normalized spacial score (nSPS) is 14.0. The number of aromatic amines is 1. The summed E-state index contributed by atoms with van der Waals surface area (Å²) in [7, 11) is 0. The highest BCUT2D eigenvalue weighted by Crippen LogP contribution is 2.27. The summed E-state index contributed by atoms with van der Waals surface area (Å²) in [6.07, 6.45) is 1.60. The Hall–Kier alpha value is -3.50.